The van der Waals surface area contributed by atoms with Gasteiger partial charge in [0.1, 0.15) is 12.4 Å². The highest BCUT2D eigenvalue weighted by molar-refractivity contribution is 5.43. The molecule has 3 nitrogen and oxygen atoms in total. The van der Waals surface area contributed by atoms with Crippen LogP contribution in [0.2, 0.25) is 0 Å². The van der Waals surface area contributed by atoms with Crippen LogP contribution in [0.5, 0.6) is 5.75 Å². The summed E-state index contributed by atoms with van der Waals surface area (Å²) < 4.78 is 5.80. The van der Waals surface area contributed by atoms with Gasteiger partial charge in [0, 0.05) is 18.3 Å². The van der Waals surface area contributed by atoms with Crippen LogP contribution in [0.15, 0.2) is 24.3 Å². The minimum Gasteiger partial charge on any atom is -0.492 e. The first-order valence-electron chi connectivity index (χ1n) is 8.16. The fourth-order valence-corrected chi connectivity index (χ4v) is 3.14. The van der Waals surface area contributed by atoms with Crippen LogP contribution >= 0.6 is 0 Å². The summed E-state index contributed by atoms with van der Waals surface area (Å²) in [5.74, 6) is 1.72. The van der Waals surface area contributed by atoms with Gasteiger partial charge in [-0.1, -0.05) is 26.8 Å². The van der Waals surface area contributed by atoms with E-state index in [2.05, 4.69) is 25.7 Å². The summed E-state index contributed by atoms with van der Waals surface area (Å²) in [5, 5.41) is 0. The molecule has 1 unspecified atom stereocenters. The predicted octanol–water partition coefficient (Wildman–Crippen LogP) is 3.80. The van der Waals surface area contributed by atoms with Gasteiger partial charge in [0.05, 0.1) is 0 Å². The molecule has 21 heavy (non-hydrogen) atoms. The minimum atomic E-state index is 0.439. The van der Waals surface area contributed by atoms with E-state index in [1.165, 1.54) is 32.4 Å². The van der Waals surface area contributed by atoms with Crippen molar-refractivity contribution in [2.24, 2.45) is 11.3 Å². The highest BCUT2D eigenvalue weighted by Crippen LogP contribution is 2.34. The van der Waals surface area contributed by atoms with Crippen LogP contribution in [0.25, 0.3) is 0 Å². The number of rotatable bonds is 4. The number of nitrogens with two attached hydrogens (primary N) is 1. The van der Waals surface area contributed by atoms with Crippen molar-refractivity contribution in [1.82, 2.24) is 4.90 Å². The lowest BCUT2D eigenvalue weighted by molar-refractivity contribution is 0.192. The number of hydrogen-bond donors (Lipinski definition) is 1. The lowest BCUT2D eigenvalue weighted by atomic mass is 9.77. The lowest BCUT2D eigenvalue weighted by Gasteiger charge is -2.29. The molecule has 1 atom stereocenters. The molecule has 0 aromatic heterocycles. The standard InChI is InChI=1S/C18H30N2O/c1-18(2,3)15-6-5-10-20(11-9-15)12-13-21-17-8-4-7-16(19)14-17/h4,7-8,14-15H,5-6,9-13,19H2,1-3H3. The SMILES string of the molecule is CC(C)(C)C1CCCN(CCOc2cccc(N)c2)CC1. The summed E-state index contributed by atoms with van der Waals surface area (Å²) in [6.45, 7) is 11.3. The molecule has 1 aromatic carbocycles. The van der Waals surface area contributed by atoms with E-state index in [1.54, 1.807) is 0 Å². The van der Waals surface area contributed by atoms with E-state index in [0.29, 0.717) is 5.41 Å². The predicted molar refractivity (Wildman–Crippen MR) is 89.6 cm³/mol. The van der Waals surface area contributed by atoms with Crippen molar-refractivity contribution in [2.75, 3.05) is 32.0 Å². The number of ether oxygens (including phenoxy) is 1. The molecule has 1 aliphatic heterocycles. The number of nitrogens with zero attached hydrogens (tertiary/aromatic N) is 1. The smallest absolute Gasteiger partial charge is 0.121 e. The molecular formula is C18H30N2O. The molecule has 0 amide bonds. The molecule has 2 N–H and O–H groups in total. The maximum absolute atomic E-state index is 5.80. The first-order chi connectivity index (χ1) is 9.95. The minimum absolute atomic E-state index is 0.439. The summed E-state index contributed by atoms with van der Waals surface area (Å²) >= 11 is 0. The maximum Gasteiger partial charge on any atom is 0.121 e. The Morgan fingerprint density at radius 1 is 1.24 bits per heavy atom. The van der Waals surface area contributed by atoms with Gasteiger partial charge >= 0.3 is 0 Å². The number of likely N-dealkylation sites (tertiary alicyclic amines) is 1. The second kappa shape index (κ2) is 7.17. The molecule has 0 saturated carbocycles. The van der Waals surface area contributed by atoms with Gasteiger partial charge in [-0.15, -0.1) is 0 Å². The van der Waals surface area contributed by atoms with Gasteiger partial charge in [0.2, 0.25) is 0 Å². The summed E-state index contributed by atoms with van der Waals surface area (Å²) in [4.78, 5) is 2.54. The van der Waals surface area contributed by atoms with Crippen molar-refractivity contribution >= 4 is 5.69 Å². The summed E-state index contributed by atoms with van der Waals surface area (Å²) in [6.07, 6.45) is 3.97. The maximum atomic E-state index is 5.80. The molecule has 118 valence electrons. The number of anilines is 1. The third-order valence-electron chi connectivity index (χ3n) is 4.58. The fraction of sp³-hybridized carbons (Fsp3) is 0.667. The van der Waals surface area contributed by atoms with E-state index >= 15 is 0 Å². The van der Waals surface area contributed by atoms with Crippen molar-refractivity contribution in [1.29, 1.82) is 0 Å². The van der Waals surface area contributed by atoms with Crippen LogP contribution in [0, 0.1) is 11.3 Å². The number of hydrogen-bond acceptors (Lipinski definition) is 3. The molecule has 0 bridgehead atoms. The molecular weight excluding hydrogens is 260 g/mol. The molecule has 0 radical (unpaired) electrons. The second-order valence-electron chi connectivity index (χ2n) is 7.26. The molecule has 1 aliphatic rings. The van der Waals surface area contributed by atoms with Crippen LogP contribution in [0.1, 0.15) is 40.0 Å². The average Bonchev–Trinajstić information content (AvgIpc) is 2.64. The molecule has 1 saturated heterocycles. The van der Waals surface area contributed by atoms with Crippen LogP contribution in [0.3, 0.4) is 0 Å². The van der Waals surface area contributed by atoms with Gasteiger partial charge in [-0.25, -0.2) is 0 Å². The molecule has 0 spiro atoms. The third-order valence-corrected chi connectivity index (χ3v) is 4.58. The quantitative estimate of drug-likeness (QED) is 0.857. The fourth-order valence-electron chi connectivity index (χ4n) is 3.14. The highest BCUT2D eigenvalue weighted by Gasteiger charge is 2.26. The zero-order valence-electron chi connectivity index (χ0n) is 13.8. The van der Waals surface area contributed by atoms with Crippen molar-refractivity contribution in [2.45, 2.75) is 40.0 Å². The van der Waals surface area contributed by atoms with E-state index in [4.69, 9.17) is 10.5 Å². The lowest BCUT2D eigenvalue weighted by Crippen LogP contribution is -2.30. The highest BCUT2D eigenvalue weighted by atomic mass is 16.5. The monoisotopic (exact) mass is 290 g/mol. The van der Waals surface area contributed by atoms with E-state index < -0.39 is 0 Å². The number of nitrogen functional groups attached to an aromatic ring is 1. The van der Waals surface area contributed by atoms with Crippen molar-refractivity contribution in [3.05, 3.63) is 24.3 Å². The second-order valence-corrected chi connectivity index (χ2v) is 7.26. The first-order valence-corrected chi connectivity index (χ1v) is 8.16. The Balaban J connectivity index is 1.74. The van der Waals surface area contributed by atoms with Crippen LogP contribution < -0.4 is 10.5 Å². The molecule has 1 heterocycles. The van der Waals surface area contributed by atoms with E-state index in [1.807, 2.05) is 24.3 Å². The van der Waals surface area contributed by atoms with Gasteiger partial charge in [-0.05, 0) is 55.8 Å². The third kappa shape index (κ3) is 5.24. The van der Waals surface area contributed by atoms with Crippen molar-refractivity contribution in [3.8, 4) is 5.75 Å². The molecule has 1 aromatic rings. The Hall–Kier alpha value is -1.22. The van der Waals surface area contributed by atoms with Crippen LogP contribution in [0.4, 0.5) is 5.69 Å². The Labute approximate surface area is 129 Å². The van der Waals surface area contributed by atoms with Gasteiger partial charge in [0.25, 0.3) is 0 Å². The van der Waals surface area contributed by atoms with Crippen molar-refractivity contribution in [3.63, 3.8) is 0 Å². The summed E-state index contributed by atoms with van der Waals surface area (Å²) in [5.41, 5.74) is 6.96. The van der Waals surface area contributed by atoms with Crippen LogP contribution in [-0.2, 0) is 0 Å². The van der Waals surface area contributed by atoms with Gasteiger partial charge in [-0.3, -0.25) is 4.90 Å². The zero-order chi connectivity index (χ0) is 15.3. The molecule has 2 rings (SSSR count). The summed E-state index contributed by atoms with van der Waals surface area (Å²) in [7, 11) is 0. The van der Waals surface area contributed by atoms with Crippen LogP contribution in [-0.4, -0.2) is 31.1 Å². The Morgan fingerprint density at radius 3 is 2.76 bits per heavy atom. The topological polar surface area (TPSA) is 38.5 Å². The largest absolute Gasteiger partial charge is 0.492 e. The normalized spacial score (nSPS) is 21.0. The van der Waals surface area contributed by atoms with E-state index in [-0.39, 0.29) is 0 Å². The van der Waals surface area contributed by atoms with Gasteiger partial charge in [0.15, 0.2) is 0 Å². The molecule has 1 fully saturated rings. The van der Waals surface area contributed by atoms with Gasteiger partial charge in [-0.2, -0.15) is 0 Å². The Kier molecular flexibility index (Phi) is 5.51. The first kappa shape index (κ1) is 16.2. The Bertz CT molecular complexity index is 439. The van der Waals surface area contributed by atoms with Crippen molar-refractivity contribution < 1.29 is 4.74 Å². The summed E-state index contributed by atoms with van der Waals surface area (Å²) in [6, 6.07) is 7.67. The molecule has 3 heteroatoms. The van der Waals surface area contributed by atoms with Gasteiger partial charge < -0.3 is 10.5 Å². The van der Waals surface area contributed by atoms with E-state index in [0.717, 1.165) is 30.5 Å². The average molecular weight is 290 g/mol. The molecule has 0 aliphatic carbocycles. The zero-order valence-corrected chi connectivity index (χ0v) is 13.8. The number of benzene rings is 1. The Morgan fingerprint density at radius 2 is 2.05 bits per heavy atom. The van der Waals surface area contributed by atoms with E-state index in [9.17, 15) is 0 Å².